The van der Waals surface area contributed by atoms with Gasteiger partial charge in [0.1, 0.15) is 28.5 Å². The number of carboxylic acid groups (broad SMARTS) is 1. The number of nitrogens with zero attached hydrogens (tertiary/aromatic N) is 4. The second-order valence-corrected chi connectivity index (χ2v) is 14.7. The Bertz CT molecular complexity index is 2100. The number of amides is 1. The highest BCUT2D eigenvalue weighted by Gasteiger charge is 2.45. The molecular formula is C38H42F5N5O7. The van der Waals surface area contributed by atoms with Crippen LogP contribution in [0.3, 0.4) is 0 Å². The maximum Gasteiger partial charge on any atom is 0.422 e. The molecule has 0 aliphatic carbocycles. The van der Waals surface area contributed by atoms with E-state index >= 15 is 8.78 Å². The summed E-state index contributed by atoms with van der Waals surface area (Å²) in [6.07, 6.45) is -3.43. The first-order valence-corrected chi connectivity index (χ1v) is 17.8. The monoisotopic (exact) mass is 775 g/mol. The Morgan fingerprint density at radius 1 is 1.00 bits per heavy atom. The van der Waals surface area contributed by atoms with Crippen molar-refractivity contribution >= 4 is 45.2 Å². The average Bonchev–Trinajstić information content (AvgIpc) is 3.37. The molecule has 55 heavy (non-hydrogen) atoms. The molecule has 0 spiro atoms. The molecule has 2 bridgehead atoms. The van der Waals surface area contributed by atoms with E-state index in [0.29, 0.717) is 24.6 Å². The number of nitrogens with two attached hydrogens (primary N) is 1. The van der Waals surface area contributed by atoms with Gasteiger partial charge in [-0.2, -0.15) is 23.1 Å². The molecule has 3 aromatic carbocycles. The first kappa shape index (κ1) is 39.5. The van der Waals surface area contributed by atoms with Crippen molar-refractivity contribution < 1.29 is 55.6 Å². The summed E-state index contributed by atoms with van der Waals surface area (Å²) in [6.45, 7) is 3.78. The van der Waals surface area contributed by atoms with Gasteiger partial charge in [-0.05, 0) is 99.0 Å². The third-order valence-electron chi connectivity index (χ3n) is 9.49. The first-order valence-electron chi connectivity index (χ1n) is 17.8. The summed E-state index contributed by atoms with van der Waals surface area (Å²) in [6, 6.07) is 5.83. The van der Waals surface area contributed by atoms with Gasteiger partial charge >= 0.3 is 24.2 Å². The third kappa shape index (κ3) is 8.71. The number of rotatable bonds is 12. The molecule has 2 fully saturated rings. The third-order valence-corrected chi connectivity index (χ3v) is 9.49. The number of aryl methyl sites for hydroxylation is 1. The minimum Gasteiger partial charge on any atom is -0.481 e. The van der Waals surface area contributed by atoms with Crippen molar-refractivity contribution in [3.05, 3.63) is 47.5 Å². The van der Waals surface area contributed by atoms with E-state index in [1.54, 1.807) is 36.6 Å². The van der Waals surface area contributed by atoms with Crippen LogP contribution in [0.1, 0.15) is 58.4 Å². The van der Waals surface area contributed by atoms with Crippen LogP contribution in [0.2, 0.25) is 0 Å². The maximum absolute atomic E-state index is 17.3. The Hall–Kier alpha value is -5.19. The first-order chi connectivity index (χ1) is 25.9. The van der Waals surface area contributed by atoms with E-state index in [0.717, 1.165) is 0 Å². The zero-order chi connectivity index (χ0) is 39.8. The van der Waals surface area contributed by atoms with Crippen molar-refractivity contribution in [2.24, 2.45) is 0 Å². The number of alkyl halides is 3. The van der Waals surface area contributed by atoms with E-state index in [4.69, 9.17) is 29.8 Å². The molecule has 6 rings (SSSR count). The number of piperazine rings is 1. The second kappa shape index (κ2) is 15.5. The van der Waals surface area contributed by atoms with Crippen molar-refractivity contribution in [2.75, 3.05) is 44.2 Å². The van der Waals surface area contributed by atoms with Crippen LogP contribution in [0.15, 0.2) is 30.3 Å². The van der Waals surface area contributed by atoms with Gasteiger partial charge in [0.05, 0.1) is 12.1 Å². The highest BCUT2D eigenvalue weighted by Crippen LogP contribution is 2.44. The minimum absolute atomic E-state index is 0.0623. The number of carboxylic acids is 1. The van der Waals surface area contributed by atoms with Crippen LogP contribution in [0.25, 0.3) is 32.8 Å². The van der Waals surface area contributed by atoms with Crippen molar-refractivity contribution in [3.63, 3.8) is 0 Å². The lowest BCUT2D eigenvalue weighted by atomic mass is 9.90. The molecule has 12 nitrogen and oxygen atoms in total. The fourth-order valence-electron chi connectivity index (χ4n) is 7.34. The molecule has 1 aromatic heterocycles. The summed E-state index contributed by atoms with van der Waals surface area (Å²) >= 11 is 0. The van der Waals surface area contributed by atoms with Crippen LogP contribution in [0.4, 0.5) is 38.3 Å². The SMILES string of the molecule is COCOc1cc(-c2c(N)cc3c(N4C[C@H]5CC[C@@H](C4)N5C(=O)OC(C)(C)C)nc(OCC(F)(F)F)nc3c2F)c2c(CCCCC(=O)O)c(F)ccc2c1. The number of ether oxygens (including phenoxy) is 4. The number of hydrogen-bond acceptors (Lipinski definition) is 10. The van der Waals surface area contributed by atoms with E-state index in [-0.39, 0.29) is 95.9 Å². The summed E-state index contributed by atoms with van der Waals surface area (Å²) in [4.78, 5) is 36.2. The molecule has 2 saturated heterocycles. The number of aromatic nitrogens is 2. The Balaban J connectivity index is 1.51. The molecule has 296 valence electrons. The number of methoxy groups -OCH3 is 1. The minimum atomic E-state index is -4.76. The lowest BCUT2D eigenvalue weighted by Crippen LogP contribution is -2.57. The predicted molar refractivity (Wildman–Crippen MR) is 193 cm³/mol. The van der Waals surface area contributed by atoms with Gasteiger partial charge in [-0.15, -0.1) is 0 Å². The fourth-order valence-corrected chi connectivity index (χ4v) is 7.34. The Kier molecular flexibility index (Phi) is 11.1. The van der Waals surface area contributed by atoms with Gasteiger partial charge in [-0.3, -0.25) is 9.69 Å². The van der Waals surface area contributed by atoms with Gasteiger partial charge in [-0.1, -0.05) is 6.07 Å². The van der Waals surface area contributed by atoms with Gasteiger partial charge < -0.3 is 34.7 Å². The zero-order valence-electron chi connectivity index (χ0n) is 30.8. The smallest absolute Gasteiger partial charge is 0.422 e. The standard InChI is InChI=1S/C38H42F5N5O7/c1-37(2,3)55-36(51)48-21-10-11-22(48)17-47(16-21)34-26-15-28(44)31(32(40)33(26)45-35(46-34)53-18-38(41,42)43)25-14-23(54-19-52-4)13-20-9-12-27(39)24(30(20)25)7-5-6-8-29(49)50/h9,12-15,21-22H,5-8,10-11,16-19,44H2,1-4H3,(H,49,50)/t21-,22+. The second-order valence-electron chi connectivity index (χ2n) is 14.7. The van der Waals surface area contributed by atoms with E-state index in [9.17, 15) is 22.8 Å². The van der Waals surface area contributed by atoms with Crippen LogP contribution >= 0.6 is 0 Å². The van der Waals surface area contributed by atoms with E-state index < -0.39 is 53.6 Å². The fraction of sp³-hybridized carbons (Fsp3) is 0.474. The number of benzene rings is 3. The highest BCUT2D eigenvalue weighted by molar-refractivity contribution is 6.06. The van der Waals surface area contributed by atoms with Gasteiger partial charge in [-0.25, -0.2) is 13.6 Å². The molecule has 3 heterocycles. The molecule has 0 unspecified atom stereocenters. The van der Waals surface area contributed by atoms with Crippen LogP contribution in [0, 0.1) is 11.6 Å². The summed E-state index contributed by atoms with van der Waals surface area (Å²) in [5.41, 5.74) is 5.48. The summed E-state index contributed by atoms with van der Waals surface area (Å²) in [5, 5.41) is 9.94. The number of hydrogen-bond donors (Lipinski definition) is 2. The Morgan fingerprint density at radius 3 is 2.35 bits per heavy atom. The molecule has 1 amide bonds. The van der Waals surface area contributed by atoms with Crippen molar-refractivity contribution in [1.82, 2.24) is 14.9 Å². The predicted octanol–water partition coefficient (Wildman–Crippen LogP) is 7.62. The van der Waals surface area contributed by atoms with Crippen LogP contribution in [0.5, 0.6) is 11.8 Å². The van der Waals surface area contributed by atoms with E-state index in [1.165, 1.54) is 31.4 Å². The Labute approximate surface area is 313 Å². The van der Waals surface area contributed by atoms with Gasteiger partial charge in [0.2, 0.25) is 0 Å². The van der Waals surface area contributed by atoms with Crippen molar-refractivity contribution in [2.45, 2.75) is 83.2 Å². The normalized spacial score (nSPS) is 17.3. The summed E-state index contributed by atoms with van der Waals surface area (Å²) < 4.78 is 94.4. The summed E-state index contributed by atoms with van der Waals surface area (Å²) in [5.74, 6) is -2.35. The largest absolute Gasteiger partial charge is 0.481 e. The molecule has 3 N–H and O–H groups in total. The van der Waals surface area contributed by atoms with Crippen LogP contribution < -0.4 is 20.1 Å². The van der Waals surface area contributed by atoms with Crippen LogP contribution in [-0.4, -0.2) is 89.5 Å². The number of unbranched alkanes of at least 4 members (excludes halogenated alkanes) is 1. The highest BCUT2D eigenvalue weighted by atomic mass is 19.4. The number of carbonyl (C=O) groups is 2. The van der Waals surface area contributed by atoms with Crippen molar-refractivity contribution in [1.29, 1.82) is 0 Å². The molecule has 17 heteroatoms. The number of nitrogen functional groups attached to an aromatic ring is 1. The molecule has 2 aliphatic rings. The quantitative estimate of drug-likeness (QED) is 0.0634. The molecular weight excluding hydrogens is 733 g/mol. The molecule has 0 radical (unpaired) electrons. The van der Waals surface area contributed by atoms with E-state index in [2.05, 4.69) is 9.97 Å². The van der Waals surface area contributed by atoms with E-state index in [1.807, 2.05) is 0 Å². The lowest BCUT2D eigenvalue weighted by Gasteiger charge is -2.42. The topological polar surface area (TPSA) is 150 Å². The molecule has 4 aromatic rings. The number of halogens is 5. The molecule has 2 atom stereocenters. The average molecular weight is 776 g/mol. The number of aliphatic carboxylic acids is 1. The lowest BCUT2D eigenvalue weighted by molar-refractivity contribution is -0.154. The Morgan fingerprint density at radius 2 is 1.71 bits per heavy atom. The molecule has 2 aliphatic heterocycles. The maximum atomic E-state index is 17.3. The summed E-state index contributed by atoms with van der Waals surface area (Å²) in [7, 11) is 1.41. The number of fused-ring (bicyclic) bond motifs is 4. The van der Waals surface area contributed by atoms with Crippen LogP contribution in [-0.2, 0) is 20.7 Å². The zero-order valence-corrected chi connectivity index (χ0v) is 30.8. The van der Waals surface area contributed by atoms with Gasteiger partial charge in [0.25, 0.3) is 0 Å². The number of anilines is 2. The van der Waals surface area contributed by atoms with Gasteiger partial charge in [0, 0.05) is 43.3 Å². The number of carbonyl (C=O) groups excluding carboxylic acids is 1. The molecule has 0 saturated carbocycles. The van der Waals surface area contributed by atoms with Crippen molar-refractivity contribution in [3.8, 4) is 22.9 Å². The van der Waals surface area contributed by atoms with Gasteiger partial charge in [0.15, 0.2) is 19.2 Å².